The van der Waals surface area contributed by atoms with E-state index >= 15 is 0 Å². The van der Waals surface area contributed by atoms with E-state index in [1.165, 1.54) is 11.8 Å². The first-order valence-corrected chi connectivity index (χ1v) is 8.60. The van der Waals surface area contributed by atoms with Crippen molar-refractivity contribution in [2.75, 3.05) is 14.2 Å². The van der Waals surface area contributed by atoms with E-state index in [4.69, 9.17) is 9.47 Å². The molecular weight excluding hydrogens is 350 g/mol. The number of thioether (sulfide) groups is 1. The maximum Gasteiger partial charge on any atom is 0.264 e. The number of amidine groups is 1. The van der Waals surface area contributed by atoms with Crippen molar-refractivity contribution >= 4 is 35.1 Å². The van der Waals surface area contributed by atoms with Crippen molar-refractivity contribution in [3.63, 3.8) is 0 Å². The number of carbonyl (C=O) groups excluding carboxylic acids is 1. The first kappa shape index (κ1) is 17.8. The summed E-state index contributed by atoms with van der Waals surface area (Å²) in [4.78, 5) is 12.6. The van der Waals surface area contributed by atoms with E-state index in [1.807, 2.05) is 42.5 Å². The van der Waals surface area contributed by atoms with Crippen molar-refractivity contribution in [1.29, 1.82) is 0 Å². The molecule has 0 radical (unpaired) electrons. The number of nitrogens with one attached hydrogen (secondary N) is 1. The largest absolute Gasteiger partial charge is 0.493 e. The van der Waals surface area contributed by atoms with Crippen LogP contribution in [0.4, 0.5) is 0 Å². The molecule has 1 aliphatic rings. The van der Waals surface area contributed by atoms with Crippen molar-refractivity contribution in [2.24, 2.45) is 10.2 Å². The zero-order valence-corrected chi connectivity index (χ0v) is 15.1. The van der Waals surface area contributed by atoms with E-state index in [2.05, 4.69) is 15.5 Å². The Morgan fingerprint density at radius 3 is 2.50 bits per heavy atom. The molecule has 1 amide bonds. The molecule has 1 aliphatic heterocycles. The zero-order valence-electron chi connectivity index (χ0n) is 14.3. The number of benzene rings is 2. The molecule has 1 saturated heterocycles. The van der Waals surface area contributed by atoms with Gasteiger partial charge in [0.05, 0.1) is 25.3 Å². The van der Waals surface area contributed by atoms with E-state index in [1.54, 1.807) is 32.6 Å². The van der Waals surface area contributed by atoms with Crippen LogP contribution < -0.4 is 14.8 Å². The third kappa shape index (κ3) is 4.31. The maximum atomic E-state index is 12.1. The molecule has 7 heteroatoms. The fourth-order valence-corrected chi connectivity index (χ4v) is 3.03. The Morgan fingerprint density at radius 1 is 1.00 bits per heavy atom. The van der Waals surface area contributed by atoms with Crippen LogP contribution in [0.2, 0.25) is 0 Å². The molecule has 132 valence electrons. The Bertz CT molecular complexity index is 892. The summed E-state index contributed by atoms with van der Waals surface area (Å²) in [5.74, 6) is 1.03. The normalized spacial score (nSPS) is 17.1. The fourth-order valence-electron chi connectivity index (χ4n) is 2.26. The zero-order chi connectivity index (χ0) is 18.4. The molecule has 6 nitrogen and oxygen atoms in total. The minimum atomic E-state index is -0.210. The van der Waals surface area contributed by atoms with Crippen molar-refractivity contribution in [1.82, 2.24) is 5.32 Å². The predicted octanol–water partition coefficient (Wildman–Crippen LogP) is 3.30. The second kappa shape index (κ2) is 8.35. The van der Waals surface area contributed by atoms with Crippen LogP contribution in [0.25, 0.3) is 6.08 Å². The highest BCUT2D eigenvalue weighted by molar-refractivity contribution is 8.18. The number of hydrogen-bond acceptors (Lipinski definition) is 6. The van der Waals surface area contributed by atoms with Gasteiger partial charge in [0.15, 0.2) is 16.7 Å². The van der Waals surface area contributed by atoms with Crippen LogP contribution in [0.15, 0.2) is 63.6 Å². The maximum absolute atomic E-state index is 12.1. The van der Waals surface area contributed by atoms with Gasteiger partial charge in [-0.2, -0.15) is 5.10 Å². The molecule has 0 aromatic heterocycles. The lowest BCUT2D eigenvalue weighted by Gasteiger charge is -2.07. The van der Waals surface area contributed by atoms with E-state index in [0.717, 1.165) is 11.1 Å². The van der Waals surface area contributed by atoms with Gasteiger partial charge in [-0.1, -0.05) is 36.4 Å². The van der Waals surface area contributed by atoms with Crippen LogP contribution in [0.1, 0.15) is 11.1 Å². The molecular formula is C19H17N3O3S. The lowest BCUT2D eigenvalue weighted by molar-refractivity contribution is -0.115. The van der Waals surface area contributed by atoms with Crippen molar-refractivity contribution < 1.29 is 14.3 Å². The average molecular weight is 367 g/mol. The van der Waals surface area contributed by atoms with Crippen molar-refractivity contribution in [3.8, 4) is 11.5 Å². The highest BCUT2D eigenvalue weighted by atomic mass is 32.2. The van der Waals surface area contributed by atoms with E-state index in [0.29, 0.717) is 21.6 Å². The summed E-state index contributed by atoms with van der Waals surface area (Å²) in [5.41, 5.74) is 1.77. The summed E-state index contributed by atoms with van der Waals surface area (Å²) in [5, 5.41) is 11.2. The number of hydrogen-bond donors (Lipinski definition) is 1. The molecule has 1 N–H and O–H groups in total. The molecule has 0 saturated carbocycles. The number of methoxy groups -OCH3 is 2. The van der Waals surface area contributed by atoms with Crippen molar-refractivity contribution in [3.05, 3.63) is 64.6 Å². The van der Waals surface area contributed by atoms with Crippen LogP contribution in [-0.2, 0) is 4.79 Å². The molecule has 2 aromatic carbocycles. The summed E-state index contributed by atoms with van der Waals surface area (Å²) in [6, 6.07) is 15.1. The molecule has 0 spiro atoms. The lowest BCUT2D eigenvalue weighted by atomic mass is 10.2. The van der Waals surface area contributed by atoms with Crippen LogP contribution in [0.3, 0.4) is 0 Å². The Morgan fingerprint density at radius 2 is 1.77 bits per heavy atom. The molecule has 1 fully saturated rings. The molecule has 3 rings (SSSR count). The van der Waals surface area contributed by atoms with Gasteiger partial charge in [0.2, 0.25) is 0 Å². The Labute approximate surface area is 155 Å². The van der Waals surface area contributed by atoms with E-state index in [9.17, 15) is 4.79 Å². The number of amides is 1. The second-order valence-corrected chi connectivity index (χ2v) is 6.27. The van der Waals surface area contributed by atoms with Crippen LogP contribution in [-0.4, -0.2) is 31.5 Å². The van der Waals surface area contributed by atoms with E-state index in [-0.39, 0.29) is 5.91 Å². The smallest absolute Gasteiger partial charge is 0.264 e. The van der Waals surface area contributed by atoms with Gasteiger partial charge < -0.3 is 9.47 Å². The van der Waals surface area contributed by atoms with Crippen LogP contribution >= 0.6 is 11.8 Å². The molecule has 0 bridgehead atoms. The van der Waals surface area contributed by atoms with Gasteiger partial charge in [-0.25, -0.2) is 0 Å². The molecule has 1 heterocycles. The monoisotopic (exact) mass is 367 g/mol. The Balaban J connectivity index is 1.74. The Hall–Kier alpha value is -3.06. The number of rotatable bonds is 5. The molecule has 0 atom stereocenters. The molecule has 0 aliphatic carbocycles. The number of ether oxygens (including phenoxy) is 2. The highest BCUT2D eigenvalue weighted by Gasteiger charge is 2.24. The SMILES string of the molecule is COc1ccc(/C=C2\S/C(=N/N=C/c3ccccc3)NC2=O)cc1OC. The summed E-state index contributed by atoms with van der Waals surface area (Å²) < 4.78 is 10.5. The summed E-state index contributed by atoms with van der Waals surface area (Å²) in [7, 11) is 3.15. The van der Waals surface area contributed by atoms with Gasteiger partial charge >= 0.3 is 0 Å². The van der Waals surface area contributed by atoms with Gasteiger partial charge in [0.1, 0.15) is 0 Å². The summed E-state index contributed by atoms with van der Waals surface area (Å²) in [6.45, 7) is 0. The average Bonchev–Trinajstić information content (AvgIpc) is 3.01. The minimum absolute atomic E-state index is 0.210. The van der Waals surface area contributed by atoms with Gasteiger partial charge in [0, 0.05) is 0 Å². The minimum Gasteiger partial charge on any atom is -0.493 e. The predicted molar refractivity (Wildman–Crippen MR) is 105 cm³/mol. The third-order valence-electron chi connectivity index (χ3n) is 3.51. The van der Waals surface area contributed by atoms with Gasteiger partial charge in [-0.15, -0.1) is 5.10 Å². The molecule has 0 unspecified atom stereocenters. The van der Waals surface area contributed by atoms with Crippen molar-refractivity contribution in [2.45, 2.75) is 0 Å². The quantitative estimate of drug-likeness (QED) is 0.500. The number of carbonyl (C=O) groups is 1. The second-order valence-electron chi connectivity index (χ2n) is 5.24. The van der Waals surface area contributed by atoms with Crippen LogP contribution in [0.5, 0.6) is 11.5 Å². The standard InChI is InChI=1S/C19H17N3O3S/c1-24-15-9-8-14(10-16(15)25-2)11-17-18(23)21-19(26-17)22-20-12-13-6-4-3-5-7-13/h3-12H,1-2H3,(H,21,22,23)/b17-11-,20-12+. The third-order valence-corrected chi connectivity index (χ3v) is 4.41. The van der Waals surface area contributed by atoms with Gasteiger partial charge in [0.25, 0.3) is 5.91 Å². The topological polar surface area (TPSA) is 72.3 Å². The van der Waals surface area contributed by atoms with Gasteiger partial charge in [-0.3, -0.25) is 10.1 Å². The lowest BCUT2D eigenvalue weighted by Crippen LogP contribution is -2.19. The fraction of sp³-hybridized carbons (Fsp3) is 0.105. The molecule has 26 heavy (non-hydrogen) atoms. The first-order valence-electron chi connectivity index (χ1n) is 7.78. The highest BCUT2D eigenvalue weighted by Crippen LogP contribution is 2.31. The molecule has 2 aromatic rings. The first-order chi connectivity index (χ1) is 12.7. The Kier molecular flexibility index (Phi) is 5.70. The van der Waals surface area contributed by atoms with E-state index < -0.39 is 0 Å². The van der Waals surface area contributed by atoms with Crippen LogP contribution in [0, 0.1) is 0 Å². The summed E-state index contributed by atoms with van der Waals surface area (Å²) in [6.07, 6.45) is 3.40. The number of nitrogens with zero attached hydrogens (tertiary/aromatic N) is 2. The van der Waals surface area contributed by atoms with Gasteiger partial charge in [-0.05, 0) is 41.1 Å². The summed E-state index contributed by atoms with van der Waals surface area (Å²) >= 11 is 1.24.